The number of nitrogen functional groups attached to an aromatic ring is 1. The number of aromatic nitrogens is 2. The number of anilines is 1. The fourth-order valence-electron chi connectivity index (χ4n) is 1.84. The summed E-state index contributed by atoms with van der Waals surface area (Å²) in [6.45, 7) is 2.98. The number of hydrogen-bond acceptors (Lipinski definition) is 4. The summed E-state index contributed by atoms with van der Waals surface area (Å²) in [5.41, 5.74) is 13.0. The van der Waals surface area contributed by atoms with Gasteiger partial charge in [-0.25, -0.2) is 9.07 Å². The molecular weight excluding hydrogens is 245 g/mol. The van der Waals surface area contributed by atoms with Crippen molar-refractivity contribution in [3.63, 3.8) is 0 Å². The van der Waals surface area contributed by atoms with Crippen LogP contribution < -0.4 is 16.8 Å². The predicted octanol–water partition coefficient (Wildman–Crippen LogP) is 1.22. The second-order valence-electron chi connectivity index (χ2n) is 4.28. The van der Waals surface area contributed by atoms with Crippen LogP contribution in [0.1, 0.15) is 24.3 Å². The molecule has 0 aliphatic heterocycles. The number of nitrogens with zero attached hydrogens (tertiary/aromatic N) is 2. The van der Waals surface area contributed by atoms with Crippen LogP contribution in [0.25, 0.3) is 0 Å². The van der Waals surface area contributed by atoms with E-state index in [-0.39, 0.29) is 18.5 Å². The van der Waals surface area contributed by atoms with Crippen molar-refractivity contribution < 1.29 is 4.39 Å². The third-order valence-corrected chi connectivity index (χ3v) is 2.85. The highest BCUT2D eigenvalue weighted by molar-refractivity contribution is 5.33. The van der Waals surface area contributed by atoms with Gasteiger partial charge in [-0.3, -0.25) is 5.32 Å². The summed E-state index contributed by atoms with van der Waals surface area (Å²) in [6.07, 6.45) is -0.367. The molecule has 0 saturated heterocycles. The van der Waals surface area contributed by atoms with Crippen LogP contribution in [-0.2, 0) is 6.54 Å². The van der Waals surface area contributed by atoms with Crippen molar-refractivity contribution in [2.75, 3.05) is 12.3 Å². The highest BCUT2D eigenvalue weighted by atomic mass is 19.1. The van der Waals surface area contributed by atoms with E-state index in [1.807, 2.05) is 6.92 Å². The van der Waals surface area contributed by atoms with E-state index in [0.717, 1.165) is 6.54 Å². The van der Waals surface area contributed by atoms with Crippen molar-refractivity contribution >= 4 is 5.82 Å². The second-order valence-corrected chi connectivity index (χ2v) is 4.28. The molecule has 0 spiro atoms. The molecule has 5 nitrogen and oxygen atoms in total. The average Bonchev–Trinajstić information content (AvgIpc) is 2.74. The van der Waals surface area contributed by atoms with Gasteiger partial charge >= 0.3 is 0 Å². The van der Waals surface area contributed by atoms with Crippen LogP contribution >= 0.6 is 0 Å². The van der Waals surface area contributed by atoms with Gasteiger partial charge in [0, 0.05) is 11.6 Å². The molecule has 102 valence electrons. The third-order valence-electron chi connectivity index (χ3n) is 2.85. The quantitative estimate of drug-likeness (QED) is 0.708. The SMILES string of the molecule is CCNC(N)c1cc(N)n(Cc2ccccc2F)n1. The van der Waals surface area contributed by atoms with Gasteiger partial charge in [-0.15, -0.1) is 0 Å². The lowest BCUT2D eigenvalue weighted by Gasteiger charge is -2.08. The lowest BCUT2D eigenvalue weighted by Crippen LogP contribution is -2.28. The van der Waals surface area contributed by atoms with Gasteiger partial charge in [0.15, 0.2) is 0 Å². The van der Waals surface area contributed by atoms with E-state index < -0.39 is 0 Å². The average molecular weight is 263 g/mol. The summed E-state index contributed by atoms with van der Waals surface area (Å²) >= 11 is 0. The molecule has 0 bridgehead atoms. The van der Waals surface area contributed by atoms with Gasteiger partial charge in [0.2, 0.25) is 0 Å². The van der Waals surface area contributed by atoms with Gasteiger partial charge in [0.1, 0.15) is 17.8 Å². The van der Waals surface area contributed by atoms with Crippen molar-refractivity contribution in [3.05, 3.63) is 47.4 Å². The van der Waals surface area contributed by atoms with Crippen molar-refractivity contribution in [2.45, 2.75) is 19.6 Å². The molecule has 19 heavy (non-hydrogen) atoms. The minimum atomic E-state index is -0.367. The topological polar surface area (TPSA) is 81.9 Å². The van der Waals surface area contributed by atoms with Gasteiger partial charge in [-0.1, -0.05) is 25.1 Å². The van der Waals surface area contributed by atoms with Crippen LogP contribution in [0.3, 0.4) is 0 Å². The highest BCUT2D eigenvalue weighted by Gasteiger charge is 2.12. The van der Waals surface area contributed by atoms with Crippen LogP contribution in [0, 0.1) is 5.82 Å². The Hall–Kier alpha value is -1.92. The molecule has 0 amide bonds. The third kappa shape index (κ3) is 3.10. The maximum atomic E-state index is 13.6. The van der Waals surface area contributed by atoms with Crippen LogP contribution in [-0.4, -0.2) is 16.3 Å². The fourth-order valence-corrected chi connectivity index (χ4v) is 1.84. The Kier molecular flexibility index (Phi) is 4.13. The van der Waals surface area contributed by atoms with Crippen molar-refractivity contribution in [3.8, 4) is 0 Å². The van der Waals surface area contributed by atoms with Crippen molar-refractivity contribution in [1.82, 2.24) is 15.1 Å². The lowest BCUT2D eigenvalue weighted by molar-refractivity contribution is 0.538. The summed E-state index contributed by atoms with van der Waals surface area (Å²) in [5.74, 6) is 0.196. The molecule has 2 rings (SSSR count). The predicted molar refractivity (Wildman–Crippen MR) is 72.7 cm³/mol. The van der Waals surface area contributed by atoms with Crippen LogP contribution in [0.2, 0.25) is 0 Å². The zero-order valence-corrected chi connectivity index (χ0v) is 10.8. The van der Waals surface area contributed by atoms with Crippen molar-refractivity contribution in [2.24, 2.45) is 5.73 Å². The minimum absolute atomic E-state index is 0.269. The number of hydrogen-bond donors (Lipinski definition) is 3. The number of nitrogens with one attached hydrogen (secondary N) is 1. The second kappa shape index (κ2) is 5.81. The summed E-state index contributed by atoms with van der Waals surface area (Å²) in [7, 11) is 0. The molecule has 1 unspecified atom stereocenters. The molecular formula is C13H18FN5. The number of rotatable bonds is 5. The van der Waals surface area contributed by atoms with Gasteiger partial charge in [-0.2, -0.15) is 5.10 Å². The molecule has 2 aromatic rings. The summed E-state index contributed by atoms with van der Waals surface area (Å²) in [5, 5.41) is 7.35. The van der Waals surface area contributed by atoms with E-state index in [1.54, 1.807) is 28.9 Å². The normalized spacial score (nSPS) is 12.6. The van der Waals surface area contributed by atoms with Crippen molar-refractivity contribution in [1.29, 1.82) is 0 Å². The molecule has 5 N–H and O–H groups in total. The standard InChI is InChI=1S/C13H18FN5/c1-2-17-13(16)11-7-12(15)19(18-11)8-9-5-3-4-6-10(9)14/h3-7,13,17H,2,8,15-16H2,1H3. The first-order valence-corrected chi connectivity index (χ1v) is 6.17. The molecule has 0 radical (unpaired) electrons. The summed E-state index contributed by atoms with van der Waals surface area (Å²) in [6, 6.07) is 8.26. The first kappa shape index (κ1) is 13.5. The molecule has 0 aliphatic carbocycles. The highest BCUT2D eigenvalue weighted by Crippen LogP contribution is 2.15. The van der Waals surface area contributed by atoms with E-state index in [4.69, 9.17) is 11.5 Å². The van der Waals surface area contributed by atoms with Gasteiger partial charge < -0.3 is 11.5 Å². The van der Waals surface area contributed by atoms with E-state index in [9.17, 15) is 4.39 Å². The van der Waals surface area contributed by atoms with Gasteiger partial charge in [0.05, 0.1) is 12.2 Å². The minimum Gasteiger partial charge on any atom is -0.384 e. The van der Waals surface area contributed by atoms with Crippen LogP contribution in [0.15, 0.2) is 30.3 Å². The van der Waals surface area contributed by atoms with Crippen LogP contribution in [0.4, 0.5) is 10.2 Å². The number of halogens is 1. The van der Waals surface area contributed by atoms with E-state index >= 15 is 0 Å². The Morgan fingerprint density at radius 1 is 1.42 bits per heavy atom. The molecule has 0 saturated carbocycles. The molecule has 1 heterocycles. The monoisotopic (exact) mass is 263 g/mol. The largest absolute Gasteiger partial charge is 0.384 e. The molecule has 0 fully saturated rings. The Bertz CT molecular complexity index is 552. The molecule has 1 atom stereocenters. The summed E-state index contributed by atoms with van der Waals surface area (Å²) < 4.78 is 15.1. The van der Waals surface area contributed by atoms with Gasteiger partial charge in [-0.05, 0) is 12.6 Å². The molecule has 0 aliphatic rings. The molecule has 6 heteroatoms. The zero-order valence-electron chi connectivity index (χ0n) is 10.8. The number of benzene rings is 1. The maximum absolute atomic E-state index is 13.6. The zero-order chi connectivity index (χ0) is 13.8. The Balaban J connectivity index is 2.20. The Morgan fingerprint density at radius 3 is 2.84 bits per heavy atom. The Morgan fingerprint density at radius 2 is 2.16 bits per heavy atom. The summed E-state index contributed by atoms with van der Waals surface area (Å²) in [4.78, 5) is 0. The molecule has 1 aromatic heterocycles. The van der Waals surface area contributed by atoms with E-state index in [1.165, 1.54) is 6.07 Å². The lowest BCUT2D eigenvalue weighted by atomic mass is 10.2. The maximum Gasteiger partial charge on any atom is 0.128 e. The smallest absolute Gasteiger partial charge is 0.128 e. The Labute approximate surface area is 111 Å². The number of nitrogens with two attached hydrogens (primary N) is 2. The first-order valence-electron chi connectivity index (χ1n) is 6.17. The van der Waals surface area contributed by atoms with E-state index in [2.05, 4.69) is 10.4 Å². The first-order chi connectivity index (χ1) is 9.11. The van der Waals surface area contributed by atoms with Gasteiger partial charge in [0.25, 0.3) is 0 Å². The molecule has 1 aromatic carbocycles. The fraction of sp³-hybridized carbons (Fsp3) is 0.308. The van der Waals surface area contributed by atoms with E-state index in [0.29, 0.717) is 17.1 Å². The van der Waals surface area contributed by atoms with Crippen LogP contribution in [0.5, 0.6) is 0 Å².